The predicted molar refractivity (Wildman–Crippen MR) is 64.8 cm³/mol. The third-order valence-electron chi connectivity index (χ3n) is 2.59. The third-order valence-corrected chi connectivity index (χ3v) is 2.59. The maximum Gasteiger partial charge on any atom is 0.213 e. The van der Waals surface area contributed by atoms with E-state index in [0.717, 1.165) is 24.4 Å². The molecule has 0 amide bonds. The Morgan fingerprint density at radius 3 is 2.94 bits per heavy atom. The van der Waals surface area contributed by atoms with E-state index in [1.165, 1.54) is 5.56 Å². The van der Waals surface area contributed by atoms with Crippen LogP contribution in [-0.4, -0.2) is 12.1 Å². The summed E-state index contributed by atoms with van der Waals surface area (Å²) in [7, 11) is 1.62. The summed E-state index contributed by atoms with van der Waals surface area (Å²) in [5.41, 5.74) is 2.31. The molecule has 0 aliphatic rings. The fraction of sp³-hybridized carbons (Fsp3) is 0.308. The maximum absolute atomic E-state index is 5.35. The number of ether oxygens (including phenoxy) is 1. The molecule has 4 nitrogen and oxygen atoms in total. The normalized spacial score (nSPS) is 10.5. The van der Waals surface area contributed by atoms with Gasteiger partial charge in [0.1, 0.15) is 5.76 Å². The van der Waals surface area contributed by atoms with E-state index in [-0.39, 0.29) is 0 Å². The molecular formula is C13H16N2O2. The highest BCUT2D eigenvalue weighted by molar-refractivity contribution is 5.20. The first-order valence-corrected chi connectivity index (χ1v) is 5.52. The highest BCUT2D eigenvalue weighted by Crippen LogP contribution is 2.10. The van der Waals surface area contributed by atoms with Crippen LogP contribution in [-0.2, 0) is 13.1 Å². The molecule has 0 atom stereocenters. The molecule has 2 heterocycles. The third kappa shape index (κ3) is 3.07. The van der Waals surface area contributed by atoms with Gasteiger partial charge in [-0.1, -0.05) is 0 Å². The van der Waals surface area contributed by atoms with Crippen molar-refractivity contribution in [2.75, 3.05) is 7.11 Å². The first-order valence-electron chi connectivity index (χ1n) is 5.52. The van der Waals surface area contributed by atoms with Gasteiger partial charge in [-0.3, -0.25) is 0 Å². The van der Waals surface area contributed by atoms with Crippen LogP contribution in [0.1, 0.15) is 16.9 Å². The number of nitrogens with zero attached hydrogens (tertiary/aromatic N) is 1. The lowest BCUT2D eigenvalue weighted by Crippen LogP contribution is -2.12. The summed E-state index contributed by atoms with van der Waals surface area (Å²) in [6.07, 6.45) is 3.45. The quantitative estimate of drug-likeness (QED) is 0.859. The van der Waals surface area contributed by atoms with E-state index in [0.29, 0.717) is 5.88 Å². The van der Waals surface area contributed by atoms with Crippen molar-refractivity contribution in [3.63, 3.8) is 0 Å². The van der Waals surface area contributed by atoms with Gasteiger partial charge in [-0.15, -0.1) is 0 Å². The average molecular weight is 232 g/mol. The largest absolute Gasteiger partial charge is 0.481 e. The molecule has 0 fully saturated rings. The number of pyridine rings is 1. The number of hydrogen-bond acceptors (Lipinski definition) is 4. The Bertz CT molecular complexity index is 480. The Labute approximate surface area is 101 Å². The molecule has 90 valence electrons. The predicted octanol–water partition coefficient (Wildman–Crippen LogP) is 2.28. The van der Waals surface area contributed by atoms with Gasteiger partial charge in [0, 0.05) is 18.8 Å². The lowest BCUT2D eigenvalue weighted by atomic mass is 10.2. The van der Waals surface area contributed by atoms with Crippen molar-refractivity contribution in [1.29, 1.82) is 0 Å². The van der Waals surface area contributed by atoms with Crippen LogP contribution in [0.5, 0.6) is 5.88 Å². The molecule has 0 bridgehead atoms. The van der Waals surface area contributed by atoms with E-state index >= 15 is 0 Å². The minimum absolute atomic E-state index is 0.637. The van der Waals surface area contributed by atoms with Gasteiger partial charge in [0.15, 0.2) is 0 Å². The van der Waals surface area contributed by atoms with Crippen LogP contribution in [0.4, 0.5) is 0 Å². The molecule has 0 spiro atoms. The summed E-state index contributed by atoms with van der Waals surface area (Å²) in [6.45, 7) is 3.53. The molecule has 0 aliphatic heterocycles. The molecule has 2 aromatic heterocycles. The lowest BCUT2D eigenvalue weighted by Gasteiger charge is -2.05. The zero-order valence-electron chi connectivity index (χ0n) is 10.1. The monoisotopic (exact) mass is 232 g/mol. The van der Waals surface area contributed by atoms with E-state index in [1.54, 1.807) is 19.6 Å². The Hall–Kier alpha value is -1.81. The van der Waals surface area contributed by atoms with Crippen molar-refractivity contribution < 1.29 is 9.15 Å². The molecule has 0 saturated heterocycles. The van der Waals surface area contributed by atoms with Gasteiger partial charge in [-0.2, -0.15) is 0 Å². The number of nitrogens with one attached hydrogen (secondary N) is 1. The van der Waals surface area contributed by atoms with E-state index < -0.39 is 0 Å². The minimum atomic E-state index is 0.637. The zero-order chi connectivity index (χ0) is 12.1. The fourth-order valence-corrected chi connectivity index (χ4v) is 1.58. The van der Waals surface area contributed by atoms with Gasteiger partial charge in [0.25, 0.3) is 0 Å². The molecular weight excluding hydrogens is 216 g/mol. The van der Waals surface area contributed by atoms with Crippen LogP contribution in [0.3, 0.4) is 0 Å². The van der Waals surface area contributed by atoms with Crippen molar-refractivity contribution >= 4 is 0 Å². The van der Waals surface area contributed by atoms with Crippen LogP contribution in [0.2, 0.25) is 0 Å². The molecule has 0 aliphatic carbocycles. The molecule has 4 heteroatoms. The fourth-order valence-electron chi connectivity index (χ4n) is 1.58. The molecule has 2 rings (SSSR count). The first kappa shape index (κ1) is 11.7. The van der Waals surface area contributed by atoms with Gasteiger partial charge in [-0.25, -0.2) is 4.98 Å². The number of aryl methyl sites for hydroxylation is 1. The molecule has 0 unspecified atom stereocenters. The Kier molecular flexibility index (Phi) is 3.77. The van der Waals surface area contributed by atoms with Crippen LogP contribution >= 0.6 is 0 Å². The molecule has 0 radical (unpaired) electrons. The van der Waals surface area contributed by atoms with Gasteiger partial charge in [-0.05, 0) is 30.2 Å². The van der Waals surface area contributed by atoms with Crippen molar-refractivity contribution in [1.82, 2.24) is 10.3 Å². The van der Waals surface area contributed by atoms with Gasteiger partial charge in [0.05, 0.1) is 19.9 Å². The SMILES string of the molecule is COc1cc(CNCc2occc2C)ccn1. The zero-order valence-corrected chi connectivity index (χ0v) is 10.1. The molecule has 17 heavy (non-hydrogen) atoms. The van der Waals surface area contributed by atoms with E-state index in [2.05, 4.69) is 10.3 Å². The standard InChI is InChI=1S/C13H16N2O2/c1-10-4-6-17-12(10)9-14-8-11-3-5-15-13(7-11)16-2/h3-7,14H,8-9H2,1-2H3. The number of rotatable bonds is 5. The molecule has 0 aromatic carbocycles. The first-order chi connectivity index (χ1) is 8.29. The van der Waals surface area contributed by atoms with E-state index in [4.69, 9.17) is 9.15 Å². The number of hydrogen-bond donors (Lipinski definition) is 1. The minimum Gasteiger partial charge on any atom is -0.481 e. The van der Waals surface area contributed by atoms with E-state index in [9.17, 15) is 0 Å². The molecule has 1 N–H and O–H groups in total. The van der Waals surface area contributed by atoms with E-state index in [1.807, 2.05) is 25.1 Å². The Morgan fingerprint density at radius 2 is 2.24 bits per heavy atom. The van der Waals surface area contributed by atoms with Crippen LogP contribution in [0.15, 0.2) is 35.1 Å². The van der Waals surface area contributed by atoms with Crippen molar-refractivity contribution in [3.05, 3.63) is 47.5 Å². The van der Waals surface area contributed by atoms with Crippen LogP contribution < -0.4 is 10.1 Å². The smallest absolute Gasteiger partial charge is 0.213 e. The van der Waals surface area contributed by atoms with Gasteiger partial charge in [0.2, 0.25) is 5.88 Å². The highest BCUT2D eigenvalue weighted by Gasteiger charge is 2.01. The summed E-state index contributed by atoms with van der Waals surface area (Å²) >= 11 is 0. The molecule has 2 aromatic rings. The topological polar surface area (TPSA) is 47.3 Å². The summed E-state index contributed by atoms with van der Waals surface area (Å²) < 4.78 is 10.4. The summed E-state index contributed by atoms with van der Waals surface area (Å²) in [5, 5.41) is 3.32. The van der Waals surface area contributed by atoms with Crippen molar-refractivity contribution in [2.45, 2.75) is 20.0 Å². The van der Waals surface area contributed by atoms with Gasteiger partial charge >= 0.3 is 0 Å². The Balaban J connectivity index is 1.87. The van der Waals surface area contributed by atoms with Crippen molar-refractivity contribution in [3.8, 4) is 5.88 Å². The number of methoxy groups -OCH3 is 1. The summed E-state index contributed by atoms with van der Waals surface area (Å²) in [6, 6.07) is 5.85. The van der Waals surface area contributed by atoms with Crippen LogP contribution in [0.25, 0.3) is 0 Å². The van der Waals surface area contributed by atoms with Gasteiger partial charge < -0.3 is 14.5 Å². The second-order valence-corrected chi connectivity index (χ2v) is 3.84. The second kappa shape index (κ2) is 5.50. The van der Waals surface area contributed by atoms with Crippen molar-refractivity contribution in [2.24, 2.45) is 0 Å². The Morgan fingerprint density at radius 1 is 1.35 bits per heavy atom. The lowest BCUT2D eigenvalue weighted by molar-refractivity contribution is 0.397. The highest BCUT2D eigenvalue weighted by atomic mass is 16.5. The maximum atomic E-state index is 5.35. The average Bonchev–Trinajstić information content (AvgIpc) is 2.76. The van der Waals surface area contributed by atoms with Crippen LogP contribution in [0, 0.1) is 6.92 Å². The molecule has 0 saturated carbocycles. The number of aromatic nitrogens is 1. The second-order valence-electron chi connectivity index (χ2n) is 3.84. The summed E-state index contributed by atoms with van der Waals surface area (Å²) in [4.78, 5) is 4.06. The number of furan rings is 1. The summed E-state index contributed by atoms with van der Waals surface area (Å²) in [5.74, 6) is 1.62.